The minimum absolute atomic E-state index is 0.265. The third-order valence-corrected chi connectivity index (χ3v) is 2.90. The van der Waals surface area contributed by atoms with Gasteiger partial charge in [-0.05, 0) is 37.1 Å². The Morgan fingerprint density at radius 3 is 2.56 bits per heavy atom. The summed E-state index contributed by atoms with van der Waals surface area (Å²) in [6.45, 7) is 3.76. The summed E-state index contributed by atoms with van der Waals surface area (Å²) < 4.78 is 13.9. The maximum atomic E-state index is 13.9. The molecule has 3 N–H and O–H groups in total. The van der Waals surface area contributed by atoms with E-state index in [9.17, 15) is 4.39 Å². The first kappa shape index (κ1) is 12.7. The molecule has 4 heteroatoms. The SMILES string of the molecule is Cc1ccc(C(NN)c2ccc(C)nc2)c(F)c1. The van der Waals surface area contributed by atoms with E-state index in [2.05, 4.69) is 10.4 Å². The lowest BCUT2D eigenvalue weighted by Gasteiger charge is -2.17. The standard InChI is InChI=1S/C14H16FN3/c1-9-3-6-12(13(15)7-9)14(18-16)11-5-4-10(2)17-8-11/h3-8,14,18H,16H2,1-2H3. The second-order valence-electron chi connectivity index (χ2n) is 4.36. The van der Waals surface area contributed by atoms with Gasteiger partial charge in [0.1, 0.15) is 5.82 Å². The van der Waals surface area contributed by atoms with Gasteiger partial charge in [0.05, 0.1) is 6.04 Å². The zero-order valence-corrected chi connectivity index (χ0v) is 10.4. The molecule has 0 aliphatic rings. The van der Waals surface area contributed by atoms with Crippen LogP contribution in [-0.4, -0.2) is 4.98 Å². The van der Waals surface area contributed by atoms with E-state index in [1.54, 1.807) is 12.3 Å². The number of halogens is 1. The van der Waals surface area contributed by atoms with Gasteiger partial charge in [0, 0.05) is 17.5 Å². The largest absolute Gasteiger partial charge is 0.271 e. The fourth-order valence-electron chi connectivity index (χ4n) is 1.88. The van der Waals surface area contributed by atoms with Crippen molar-refractivity contribution in [2.24, 2.45) is 5.84 Å². The van der Waals surface area contributed by atoms with E-state index in [1.165, 1.54) is 6.07 Å². The van der Waals surface area contributed by atoms with Crippen LogP contribution < -0.4 is 11.3 Å². The fraction of sp³-hybridized carbons (Fsp3) is 0.214. The molecule has 0 bridgehead atoms. The summed E-state index contributed by atoms with van der Waals surface area (Å²) in [5.41, 5.74) is 5.79. The zero-order chi connectivity index (χ0) is 13.1. The van der Waals surface area contributed by atoms with Crippen LogP contribution in [0.1, 0.15) is 28.4 Å². The molecule has 3 nitrogen and oxygen atoms in total. The van der Waals surface area contributed by atoms with Crippen molar-refractivity contribution >= 4 is 0 Å². The van der Waals surface area contributed by atoms with Crippen LogP contribution in [0.5, 0.6) is 0 Å². The van der Waals surface area contributed by atoms with Gasteiger partial charge in [-0.2, -0.15) is 0 Å². The van der Waals surface area contributed by atoms with Crippen LogP contribution in [0.2, 0.25) is 0 Å². The van der Waals surface area contributed by atoms with Gasteiger partial charge in [-0.25, -0.2) is 9.82 Å². The Labute approximate surface area is 106 Å². The van der Waals surface area contributed by atoms with Gasteiger partial charge in [0.25, 0.3) is 0 Å². The summed E-state index contributed by atoms with van der Waals surface area (Å²) in [6.07, 6.45) is 1.71. The van der Waals surface area contributed by atoms with E-state index in [0.29, 0.717) is 5.56 Å². The highest BCUT2D eigenvalue weighted by atomic mass is 19.1. The van der Waals surface area contributed by atoms with Crippen molar-refractivity contribution < 1.29 is 4.39 Å². The number of hydrogen-bond acceptors (Lipinski definition) is 3. The lowest BCUT2D eigenvalue weighted by atomic mass is 9.99. The molecule has 0 saturated carbocycles. The first-order chi connectivity index (χ1) is 8.61. The van der Waals surface area contributed by atoms with E-state index in [-0.39, 0.29) is 5.82 Å². The summed E-state index contributed by atoms with van der Waals surface area (Å²) in [7, 11) is 0. The average molecular weight is 245 g/mol. The molecule has 2 aromatic rings. The van der Waals surface area contributed by atoms with Crippen molar-refractivity contribution in [2.45, 2.75) is 19.9 Å². The van der Waals surface area contributed by atoms with Crippen molar-refractivity contribution in [1.82, 2.24) is 10.4 Å². The number of hydrogen-bond donors (Lipinski definition) is 2. The molecule has 94 valence electrons. The fourth-order valence-corrected chi connectivity index (χ4v) is 1.88. The molecule has 0 aliphatic carbocycles. The monoisotopic (exact) mass is 245 g/mol. The Bertz CT molecular complexity index is 537. The second-order valence-corrected chi connectivity index (χ2v) is 4.36. The summed E-state index contributed by atoms with van der Waals surface area (Å²) in [6, 6.07) is 8.50. The predicted octanol–water partition coefficient (Wildman–Crippen LogP) is 2.39. The minimum atomic E-state index is -0.390. The molecule has 0 spiro atoms. The number of rotatable bonds is 3. The van der Waals surface area contributed by atoms with Gasteiger partial charge in [-0.3, -0.25) is 10.8 Å². The molecule has 1 aromatic carbocycles. The maximum Gasteiger partial charge on any atom is 0.128 e. The van der Waals surface area contributed by atoms with Crippen LogP contribution in [0.3, 0.4) is 0 Å². The van der Waals surface area contributed by atoms with Crippen molar-refractivity contribution in [3.05, 3.63) is 64.7 Å². The van der Waals surface area contributed by atoms with Crippen LogP contribution in [-0.2, 0) is 0 Å². The number of nitrogens with zero attached hydrogens (tertiary/aromatic N) is 1. The van der Waals surface area contributed by atoms with Gasteiger partial charge in [-0.1, -0.05) is 18.2 Å². The van der Waals surface area contributed by atoms with Crippen molar-refractivity contribution in [3.63, 3.8) is 0 Å². The highest BCUT2D eigenvalue weighted by Crippen LogP contribution is 2.24. The molecule has 0 saturated heterocycles. The molecule has 1 heterocycles. The van der Waals surface area contributed by atoms with Gasteiger partial charge in [0.2, 0.25) is 0 Å². The molecular weight excluding hydrogens is 229 g/mol. The van der Waals surface area contributed by atoms with Gasteiger partial charge in [-0.15, -0.1) is 0 Å². The van der Waals surface area contributed by atoms with Crippen LogP contribution in [0.4, 0.5) is 4.39 Å². The van der Waals surface area contributed by atoms with E-state index in [4.69, 9.17) is 5.84 Å². The first-order valence-electron chi connectivity index (χ1n) is 5.76. The van der Waals surface area contributed by atoms with Crippen LogP contribution in [0, 0.1) is 19.7 Å². The predicted molar refractivity (Wildman–Crippen MR) is 69.3 cm³/mol. The summed E-state index contributed by atoms with van der Waals surface area (Å²) >= 11 is 0. The average Bonchev–Trinajstić information content (AvgIpc) is 2.35. The topological polar surface area (TPSA) is 50.9 Å². The molecule has 0 radical (unpaired) electrons. The Kier molecular flexibility index (Phi) is 3.69. The molecular formula is C14H16FN3. The number of nitrogens with two attached hydrogens (primary N) is 1. The molecule has 0 aliphatic heterocycles. The number of hydrazine groups is 1. The third-order valence-electron chi connectivity index (χ3n) is 2.90. The summed E-state index contributed by atoms with van der Waals surface area (Å²) in [5.74, 6) is 5.27. The van der Waals surface area contributed by atoms with Gasteiger partial charge < -0.3 is 0 Å². The van der Waals surface area contributed by atoms with Crippen LogP contribution in [0.25, 0.3) is 0 Å². The Morgan fingerprint density at radius 1 is 1.22 bits per heavy atom. The van der Waals surface area contributed by atoms with Gasteiger partial charge >= 0.3 is 0 Å². The number of nitrogens with one attached hydrogen (secondary N) is 1. The Morgan fingerprint density at radius 2 is 2.00 bits per heavy atom. The zero-order valence-electron chi connectivity index (χ0n) is 10.4. The van der Waals surface area contributed by atoms with Crippen LogP contribution in [0.15, 0.2) is 36.5 Å². The normalized spacial score (nSPS) is 12.4. The molecule has 1 atom stereocenters. The minimum Gasteiger partial charge on any atom is -0.271 e. The van der Waals surface area contributed by atoms with Crippen molar-refractivity contribution in [3.8, 4) is 0 Å². The Hall–Kier alpha value is -1.78. The number of pyridine rings is 1. The highest BCUT2D eigenvalue weighted by molar-refractivity contribution is 5.33. The lowest BCUT2D eigenvalue weighted by Crippen LogP contribution is -2.29. The van der Waals surface area contributed by atoms with Gasteiger partial charge in [0.15, 0.2) is 0 Å². The molecule has 0 fully saturated rings. The molecule has 0 amide bonds. The summed E-state index contributed by atoms with van der Waals surface area (Å²) in [5, 5.41) is 0. The van der Waals surface area contributed by atoms with E-state index in [1.807, 2.05) is 32.0 Å². The quantitative estimate of drug-likeness (QED) is 0.645. The van der Waals surface area contributed by atoms with Crippen molar-refractivity contribution in [2.75, 3.05) is 0 Å². The van der Waals surface area contributed by atoms with E-state index < -0.39 is 6.04 Å². The smallest absolute Gasteiger partial charge is 0.128 e. The first-order valence-corrected chi connectivity index (χ1v) is 5.76. The number of aromatic nitrogens is 1. The summed E-state index contributed by atoms with van der Waals surface area (Å²) in [4.78, 5) is 4.20. The lowest BCUT2D eigenvalue weighted by molar-refractivity contribution is 0.558. The maximum absolute atomic E-state index is 13.9. The van der Waals surface area contributed by atoms with Crippen molar-refractivity contribution in [1.29, 1.82) is 0 Å². The molecule has 1 aromatic heterocycles. The third kappa shape index (κ3) is 2.55. The second kappa shape index (κ2) is 5.25. The highest BCUT2D eigenvalue weighted by Gasteiger charge is 2.16. The molecule has 1 unspecified atom stereocenters. The van der Waals surface area contributed by atoms with Crippen LogP contribution >= 0.6 is 0 Å². The van der Waals surface area contributed by atoms with E-state index in [0.717, 1.165) is 16.8 Å². The Balaban J connectivity index is 2.41. The number of benzene rings is 1. The number of aryl methyl sites for hydroxylation is 2. The molecule has 18 heavy (non-hydrogen) atoms. The van der Waals surface area contributed by atoms with E-state index >= 15 is 0 Å². The molecule has 2 rings (SSSR count).